The van der Waals surface area contributed by atoms with Crippen molar-refractivity contribution in [3.8, 4) is 0 Å². The van der Waals surface area contributed by atoms with Crippen molar-refractivity contribution in [2.24, 2.45) is 29.1 Å². The number of nitrogens with zero attached hydrogens (tertiary/aromatic N) is 1. The van der Waals surface area contributed by atoms with E-state index in [1.54, 1.807) is 32.1 Å². The van der Waals surface area contributed by atoms with E-state index in [1.807, 2.05) is 0 Å². The molecule has 1 saturated heterocycles. The van der Waals surface area contributed by atoms with E-state index in [2.05, 4.69) is 18.7 Å². The van der Waals surface area contributed by atoms with Gasteiger partial charge in [-0.3, -0.25) is 0 Å². The zero-order chi connectivity index (χ0) is 11.6. The molecule has 1 heterocycles. The predicted molar refractivity (Wildman–Crippen MR) is 70.8 cm³/mol. The van der Waals surface area contributed by atoms with Crippen molar-refractivity contribution in [2.45, 2.75) is 58.4 Å². The normalized spacial score (nSPS) is 53.1. The molecule has 0 aromatic heterocycles. The molecule has 0 N–H and O–H groups in total. The van der Waals surface area contributed by atoms with Gasteiger partial charge >= 0.3 is 0 Å². The van der Waals surface area contributed by atoms with Crippen molar-refractivity contribution in [1.82, 2.24) is 4.90 Å². The van der Waals surface area contributed by atoms with Gasteiger partial charge in [0.25, 0.3) is 0 Å². The summed E-state index contributed by atoms with van der Waals surface area (Å²) in [5.41, 5.74) is 0.775. The molecule has 4 bridgehead atoms. The van der Waals surface area contributed by atoms with Crippen molar-refractivity contribution in [2.75, 3.05) is 13.1 Å². The SMILES string of the molecule is CC(C)N1CCC2(C1)C1CC3CC(C1)CC2C3. The smallest absolute Gasteiger partial charge is 0.00465 e. The highest BCUT2D eigenvalue weighted by atomic mass is 15.2. The van der Waals surface area contributed by atoms with Gasteiger partial charge in [-0.1, -0.05) is 0 Å². The third kappa shape index (κ3) is 1.41. The van der Waals surface area contributed by atoms with Gasteiger partial charge in [-0.15, -0.1) is 0 Å². The molecule has 1 heteroatoms. The highest BCUT2D eigenvalue weighted by Crippen LogP contribution is 2.65. The Hall–Kier alpha value is -0.0400. The fourth-order valence-corrected chi connectivity index (χ4v) is 6.12. The van der Waals surface area contributed by atoms with Crippen LogP contribution in [0.15, 0.2) is 0 Å². The molecule has 1 nitrogen and oxygen atoms in total. The zero-order valence-electron chi connectivity index (χ0n) is 11.5. The van der Waals surface area contributed by atoms with Crippen molar-refractivity contribution in [1.29, 1.82) is 0 Å². The summed E-state index contributed by atoms with van der Waals surface area (Å²) in [6.45, 7) is 7.60. The molecule has 5 aliphatic rings. The summed E-state index contributed by atoms with van der Waals surface area (Å²) < 4.78 is 0. The monoisotopic (exact) mass is 233 g/mol. The minimum atomic E-state index is 0.770. The summed E-state index contributed by atoms with van der Waals surface area (Å²) in [6.07, 6.45) is 9.51. The van der Waals surface area contributed by atoms with E-state index < -0.39 is 0 Å². The maximum absolute atomic E-state index is 2.77. The number of hydrogen-bond acceptors (Lipinski definition) is 1. The lowest BCUT2D eigenvalue weighted by atomic mass is 9.45. The molecule has 1 spiro atoms. The molecule has 0 atom stereocenters. The molecule has 4 aliphatic carbocycles. The van der Waals surface area contributed by atoms with Gasteiger partial charge in [0.15, 0.2) is 0 Å². The highest BCUT2D eigenvalue weighted by molar-refractivity contribution is 5.09. The summed E-state index contributed by atoms with van der Waals surface area (Å²) in [5.74, 6) is 4.50. The van der Waals surface area contributed by atoms with Crippen molar-refractivity contribution < 1.29 is 0 Å². The van der Waals surface area contributed by atoms with Crippen LogP contribution in [-0.2, 0) is 0 Å². The molecule has 1 aliphatic heterocycles. The first-order valence-electron chi connectivity index (χ1n) is 7.91. The fraction of sp³-hybridized carbons (Fsp3) is 1.00. The Labute approximate surface area is 106 Å². The molecule has 0 radical (unpaired) electrons. The Balaban J connectivity index is 1.62. The Morgan fingerprint density at radius 1 is 0.941 bits per heavy atom. The third-order valence-electron chi connectivity index (χ3n) is 6.86. The fourth-order valence-electron chi connectivity index (χ4n) is 6.12. The summed E-state index contributed by atoms with van der Waals surface area (Å²) in [7, 11) is 0. The van der Waals surface area contributed by atoms with Crippen LogP contribution in [0, 0.1) is 29.1 Å². The van der Waals surface area contributed by atoms with Gasteiger partial charge in [0.05, 0.1) is 0 Å². The van der Waals surface area contributed by atoms with Crippen molar-refractivity contribution >= 4 is 0 Å². The minimum Gasteiger partial charge on any atom is -0.300 e. The van der Waals surface area contributed by atoms with Crippen LogP contribution in [-0.4, -0.2) is 24.0 Å². The van der Waals surface area contributed by atoms with E-state index in [9.17, 15) is 0 Å². The molecule has 0 aromatic carbocycles. The van der Waals surface area contributed by atoms with Crippen LogP contribution in [0.2, 0.25) is 0 Å². The number of hydrogen-bond donors (Lipinski definition) is 0. The molecule has 0 amide bonds. The molecule has 17 heavy (non-hydrogen) atoms. The number of likely N-dealkylation sites (tertiary alicyclic amines) is 1. The van der Waals surface area contributed by atoms with Gasteiger partial charge in [0.1, 0.15) is 0 Å². The molecule has 4 saturated carbocycles. The molecule has 5 fully saturated rings. The van der Waals surface area contributed by atoms with E-state index in [4.69, 9.17) is 0 Å². The Bertz CT molecular complexity index is 291. The first-order valence-corrected chi connectivity index (χ1v) is 7.91. The second-order valence-electron chi connectivity index (χ2n) is 7.85. The average molecular weight is 233 g/mol. The van der Waals surface area contributed by atoms with E-state index in [0.29, 0.717) is 0 Å². The van der Waals surface area contributed by atoms with Gasteiger partial charge in [-0.25, -0.2) is 0 Å². The van der Waals surface area contributed by atoms with Gasteiger partial charge < -0.3 is 4.90 Å². The van der Waals surface area contributed by atoms with Crippen molar-refractivity contribution in [3.05, 3.63) is 0 Å². The van der Waals surface area contributed by atoms with Crippen LogP contribution in [0.25, 0.3) is 0 Å². The molecular formula is C16H27N. The van der Waals surface area contributed by atoms with Crippen LogP contribution in [0.4, 0.5) is 0 Å². The second kappa shape index (κ2) is 3.50. The Morgan fingerprint density at radius 3 is 2.00 bits per heavy atom. The highest BCUT2D eigenvalue weighted by Gasteiger charge is 2.58. The van der Waals surface area contributed by atoms with Crippen LogP contribution < -0.4 is 0 Å². The first-order chi connectivity index (χ1) is 8.17. The van der Waals surface area contributed by atoms with Crippen LogP contribution in [0.1, 0.15) is 52.4 Å². The molecule has 0 unspecified atom stereocenters. The summed E-state index contributed by atoms with van der Waals surface area (Å²) >= 11 is 0. The van der Waals surface area contributed by atoms with E-state index in [0.717, 1.165) is 35.1 Å². The second-order valence-corrected chi connectivity index (χ2v) is 7.85. The van der Waals surface area contributed by atoms with Gasteiger partial charge in [0, 0.05) is 12.6 Å². The maximum atomic E-state index is 2.77. The molecule has 0 aromatic rings. The molecule has 96 valence electrons. The predicted octanol–water partition coefficient (Wildman–Crippen LogP) is 3.54. The van der Waals surface area contributed by atoms with E-state index in [1.165, 1.54) is 19.5 Å². The Kier molecular flexibility index (Phi) is 2.23. The summed E-state index contributed by atoms with van der Waals surface area (Å²) in [4.78, 5) is 2.77. The quantitative estimate of drug-likeness (QED) is 0.669. The third-order valence-corrected chi connectivity index (χ3v) is 6.86. The van der Waals surface area contributed by atoms with Crippen LogP contribution in [0.5, 0.6) is 0 Å². The lowest BCUT2D eigenvalue weighted by molar-refractivity contribution is -0.103. The topological polar surface area (TPSA) is 3.24 Å². The molecular weight excluding hydrogens is 206 g/mol. The van der Waals surface area contributed by atoms with E-state index >= 15 is 0 Å². The van der Waals surface area contributed by atoms with Crippen LogP contribution in [0.3, 0.4) is 0 Å². The standard InChI is InChI=1S/C16H27N/c1-11(2)17-4-3-16(10-17)14-6-12-5-13(8-14)9-15(16)7-12/h11-15H,3-10H2,1-2H3. The van der Waals surface area contributed by atoms with Crippen molar-refractivity contribution in [3.63, 3.8) is 0 Å². The van der Waals surface area contributed by atoms with Crippen LogP contribution >= 0.6 is 0 Å². The minimum absolute atomic E-state index is 0.770. The Morgan fingerprint density at radius 2 is 1.53 bits per heavy atom. The lowest BCUT2D eigenvalue weighted by Gasteiger charge is -2.60. The summed E-state index contributed by atoms with van der Waals surface area (Å²) in [5, 5.41) is 0. The first kappa shape index (κ1) is 10.8. The zero-order valence-corrected chi connectivity index (χ0v) is 11.5. The van der Waals surface area contributed by atoms with Gasteiger partial charge in [0.2, 0.25) is 0 Å². The average Bonchev–Trinajstić information content (AvgIpc) is 2.71. The maximum Gasteiger partial charge on any atom is 0.00465 e. The van der Waals surface area contributed by atoms with E-state index in [-0.39, 0.29) is 0 Å². The largest absolute Gasteiger partial charge is 0.300 e. The van der Waals surface area contributed by atoms with Gasteiger partial charge in [-0.2, -0.15) is 0 Å². The molecule has 5 rings (SSSR count). The summed E-state index contributed by atoms with van der Waals surface area (Å²) in [6, 6.07) is 0.770. The number of rotatable bonds is 1. The van der Waals surface area contributed by atoms with Gasteiger partial charge in [-0.05, 0) is 88.0 Å². The lowest BCUT2D eigenvalue weighted by Crippen LogP contribution is -2.54.